The van der Waals surface area contributed by atoms with Gasteiger partial charge >= 0.3 is 0 Å². The first-order valence-electron chi connectivity index (χ1n) is 3.57. The van der Waals surface area contributed by atoms with Crippen LogP contribution in [0.2, 0.25) is 0 Å². The summed E-state index contributed by atoms with van der Waals surface area (Å²) < 4.78 is 0. The molecule has 0 aromatic heterocycles. The summed E-state index contributed by atoms with van der Waals surface area (Å²) in [6.07, 6.45) is 2.84. The van der Waals surface area contributed by atoms with Gasteiger partial charge in [0.05, 0.1) is 0 Å². The first kappa shape index (κ1) is 9.86. The van der Waals surface area contributed by atoms with Gasteiger partial charge in [0, 0.05) is 0 Å². The minimum absolute atomic E-state index is 0.405. The summed E-state index contributed by atoms with van der Waals surface area (Å²) in [6, 6.07) is 0. The summed E-state index contributed by atoms with van der Waals surface area (Å²) in [5, 5.41) is 0. The second-order valence-corrected chi connectivity index (χ2v) is 8.31. The Kier molecular flexibility index (Phi) is 6.17. The van der Waals surface area contributed by atoms with Crippen LogP contribution in [0, 0.1) is 0 Å². The molecule has 0 amide bonds. The molecule has 0 saturated heterocycles. The lowest BCUT2D eigenvalue weighted by atomic mass is 11.0. The standard InChI is InChI=1S/C7H18P2/c1-5-8(3)7-9(4)6-2/h5-7H2,1-4H3. The van der Waals surface area contributed by atoms with Gasteiger partial charge in [-0.2, -0.15) is 0 Å². The highest BCUT2D eigenvalue weighted by Crippen LogP contribution is 2.45. The van der Waals surface area contributed by atoms with E-state index in [-0.39, 0.29) is 0 Å². The molecule has 0 rings (SSSR count). The molecule has 0 heterocycles. The molecule has 0 aromatic carbocycles. The fourth-order valence-corrected chi connectivity index (χ4v) is 5.51. The topological polar surface area (TPSA) is 0 Å². The molecule has 0 nitrogen and oxygen atoms in total. The molecular weight excluding hydrogens is 146 g/mol. The van der Waals surface area contributed by atoms with Crippen molar-refractivity contribution < 1.29 is 0 Å². The van der Waals surface area contributed by atoms with Crippen LogP contribution in [0.4, 0.5) is 0 Å². The number of hydrogen-bond donors (Lipinski definition) is 0. The van der Waals surface area contributed by atoms with E-state index in [1.165, 1.54) is 18.2 Å². The van der Waals surface area contributed by atoms with E-state index in [4.69, 9.17) is 0 Å². The van der Waals surface area contributed by atoms with E-state index < -0.39 is 0 Å². The third kappa shape index (κ3) is 5.31. The van der Waals surface area contributed by atoms with Crippen molar-refractivity contribution >= 4 is 15.8 Å². The van der Waals surface area contributed by atoms with E-state index in [1.54, 1.807) is 0 Å². The SMILES string of the molecule is CCP(C)CP(C)CC. The normalized spacial score (nSPS) is 17.3. The van der Waals surface area contributed by atoms with Crippen molar-refractivity contribution in [2.75, 3.05) is 31.6 Å². The van der Waals surface area contributed by atoms with Crippen LogP contribution in [-0.4, -0.2) is 31.6 Å². The van der Waals surface area contributed by atoms with Gasteiger partial charge in [0.2, 0.25) is 0 Å². The Morgan fingerprint density at radius 1 is 0.889 bits per heavy atom. The molecule has 0 bridgehead atoms. The van der Waals surface area contributed by atoms with Crippen LogP contribution in [0.5, 0.6) is 0 Å². The maximum absolute atomic E-state index is 2.42. The van der Waals surface area contributed by atoms with E-state index in [0.29, 0.717) is 15.8 Å². The fraction of sp³-hybridized carbons (Fsp3) is 1.00. The lowest BCUT2D eigenvalue weighted by Crippen LogP contribution is -1.84. The molecule has 0 aliphatic rings. The van der Waals surface area contributed by atoms with Crippen LogP contribution < -0.4 is 0 Å². The molecule has 0 aromatic rings. The summed E-state index contributed by atoms with van der Waals surface area (Å²) in [6.45, 7) is 9.46. The Balaban J connectivity index is 3.22. The second-order valence-electron chi connectivity index (χ2n) is 2.49. The highest BCUT2D eigenvalue weighted by molar-refractivity contribution is 7.73. The van der Waals surface area contributed by atoms with E-state index in [0.717, 1.165) is 0 Å². The second kappa shape index (κ2) is 5.63. The van der Waals surface area contributed by atoms with Gasteiger partial charge in [0.1, 0.15) is 0 Å². The Bertz CT molecular complexity index is 55.9. The van der Waals surface area contributed by atoms with Crippen molar-refractivity contribution in [3.8, 4) is 0 Å². The minimum atomic E-state index is 0.405. The van der Waals surface area contributed by atoms with Crippen molar-refractivity contribution in [2.45, 2.75) is 13.8 Å². The zero-order valence-electron chi connectivity index (χ0n) is 7.02. The molecule has 0 N–H and O–H groups in total. The third-order valence-electron chi connectivity index (χ3n) is 1.56. The molecule has 2 atom stereocenters. The monoisotopic (exact) mass is 164 g/mol. The first-order chi connectivity index (χ1) is 4.20. The predicted octanol–water partition coefficient (Wildman–Crippen LogP) is 3.21. The molecule has 0 aliphatic carbocycles. The molecule has 0 radical (unpaired) electrons. The Labute approximate surface area is 61.9 Å². The molecule has 0 fully saturated rings. The van der Waals surface area contributed by atoms with E-state index in [9.17, 15) is 0 Å². The molecule has 56 valence electrons. The van der Waals surface area contributed by atoms with E-state index in [1.807, 2.05) is 0 Å². The van der Waals surface area contributed by atoms with E-state index in [2.05, 4.69) is 27.2 Å². The van der Waals surface area contributed by atoms with Gasteiger partial charge in [0.15, 0.2) is 0 Å². The third-order valence-corrected chi connectivity index (χ3v) is 7.58. The first-order valence-corrected chi connectivity index (χ1v) is 7.89. The van der Waals surface area contributed by atoms with E-state index >= 15 is 0 Å². The van der Waals surface area contributed by atoms with Gasteiger partial charge in [-0.1, -0.05) is 13.8 Å². The molecule has 0 aliphatic heterocycles. The van der Waals surface area contributed by atoms with Gasteiger partial charge < -0.3 is 0 Å². The summed E-state index contributed by atoms with van der Waals surface area (Å²) in [4.78, 5) is 0. The van der Waals surface area contributed by atoms with Crippen molar-refractivity contribution in [3.63, 3.8) is 0 Å². The van der Waals surface area contributed by atoms with Gasteiger partial charge in [-0.15, -0.1) is 15.8 Å². The summed E-state index contributed by atoms with van der Waals surface area (Å²) in [5.41, 5.74) is 0. The van der Waals surface area contributed by atoms with Crippen LogP contribution in [0.25, 0.3) is 0 Å². The lowest BCUT2D eigenvalue weighted by Gasteiger charge is -2.14. The van der Waals surface area contributed by atoms with Gasteiger partial charge in [0.25, 0.3) is 0 Å². The van der Waals surface area contributed by atoms with Crippen LogP contribution in [0.3, 0.4) is 0 Å². The molecule has 9 heavy (non-hydrogen) atoms. The zero-order chi connectivity index (χ0) is 7.28. The van der Waals surface area contributed by atoms with Crippen molar-refractivity contribution in [2.24, 2.45) is 0 Å². The molecular formula is C7H18P2. The number of hydrogen-bond acceptors (Lipinski definition) is 0. The quantitative estimate of drug-likeness (QED) is 0.559. The maximum atomic E-state index is 2.42. The zero-order valence-corrected chi connectivity index (χ0v) is 8.80. The minimum Gasteiger partial charge on any atom is -0.106 e. The average Bonchev–Trinajstić information content (AvgIpc) is 1.87. The Morgan fingerprint density at radius 3 is 1.44 bits per heavy atom. The summed E-state index contributed by atoms with van der Waals surface area (Å²) >= 11 is 0. The average molecular weight is 164 g/mol. The maximum Gasteiger partial charge on any atom is -0.0126 e. The predicted molar refractivity (Wildman–Crippen MR) is 51.6 cm³/mol. The van der Waals surface area contributed by atoms with Gasteiger partial charge in [-0.3, -0.25) is 0 Å². The largest absolute Gasteiger partial charge is 0.106 e. The summed E-state index contributed by atoms with van der Waals surface area (Å²) in [7, 11) is 0.810. The molecule has 2 heteroatoms. The van der Waals surface area contributed by atoms with Gasteiger partial charge in [-0.25, -0.2) is 0 Å². The molecule has 2 unspecified atom stereocenters. The highest BCUT2D eigenvalue weighted by Gasteiger charge is 2.01. The summed E-state index contributed by atoms with van der Waals surface area (Å²) in [5.74, 6) is 1.54. The van der Waals surface area contributed by atoms with Crippen molar-refractivity contribution in [1.82, 2.24) is 0 Å². The van der Waals surface area contributed by atoms with Crippen LogP contribution in [0.1, 0.15) is 13.8 Å². The fourth-order valence-electron chi connectivity index (χ4n) is 0.612. The van der Waals surface area contributed by atoms with Gasteiger partial charge in [-0.05, 0) is 31.6 Å². The van der Waals surface area contributed by atoms with Crippen molar-refractivity contribution in [3.05, 3.63) is 0 Å². The highest BCUT2D eigenvalue weighted by atomic mass is 31.2. The van der Waals surface area contributed by atoms with Crippen LogP contribution in [-0.2, 0) is 0 Å². The lowest BCUT2D eigenvalue weighted by molar-refractivity contribution is 1.47. The van der Waals surface area contributed by atoms with Crippen LogP contribution in [0.15, 0.2) is 0 Å². The molecule has 0 spiro atoms. The van der Waals surface area contributed by atoms with Crippen LogP contribution >= 0.6 is 15.8 Å². The molecule has 0 saturated carbocycles. The number of rotatable bonds is 4. The Morgan fingerprint density at radius 2 is 1.22 bits per heavy atom. The smallest absolute Gasteiger partial charge is 0.0126 e. The Hall–Kier alpha value is 0.860. The van der Waals surface area contributed by atoms with Crippen molar-refractivity contribution in [1.29, 1.82) is 0 Å².